The Morgan fingerprint density at radius 3 is 1.95 bits per heavy atom. The molecule has 0 bridgehead atoms. The van der Waals surface area contributed by atoms with Gasteiger partial charge < -0.3 is 4.74 Å². The van der Waals surface area contributed by atoms with Gasteiger partial charge in [0.25, 0.3) is 11.4 Å². The quantitative estimate of drug-likeness (QED) is 0.671. The summed E-state index contributed by atoms with van der Waals surface area (Å²) in [5.41, 5.74) is -2.49. The fourth-order valence-corrected chi connectivity index (χ4v) is 1.37. The van der Waals surface area contributed by atoms with E-state index in [0.717, 1.165) is 18.2 Å². The van der Waals surface area contributed by atoms with Crippen LogP contribution in [0, 0.1) is 20.2 Å². The van der Waals surface area contributed by atoms with E-state index in [2.05, 4.69) is 5.32 Å². The molecule has 0 heterocycles. The highest BCUT2D eigenvalue weighted by Crippen LogP contribution is 2.34. The SMILES string of the molecule is CC(C)(C)OC(=O)Nc1c([N+](=O)[O-])cccc1[N+](=O)[O-]. The summed E-state index contributed by atoms with van der Waals surface area (Å²) in [5.74, 6) is 0. The van der Waals surface area contributed by atoms with E-state index in [0.29, 0.717) is 0 Å². The van der Waals surface area contributed by atoms with Crippen LogP contribution in [0.4, 0.5) is 21.9 Å². The van der Waals surface area contributed by atoms with Crippen molar-refractivity contribution >= 4 is 23.2 Å². The predicted octanol–water partition coefficient (Wildman–Crippen LogP) is 2.85. The van der Waals surface area contributed by atoms with Gasteiger partial charge in [-0.25, -0.2) is 4.79 Å². The van der Waals surface area contributed by atoms with Gasteiger partial charge >= 0.3 is 6.09 Å². The summed E-state index contributed by atoms with van der Waals surface area (Å²) in [6.07, 6.45) is -1.00. The minimum atomic E-state index is -1.00. The number of hydrogen-bond donors (Lipinski definition) is 1. The maximum absolute atomic E-state index is 11.6. The van der Waals surface area contributed by atoms with Gasteiger partial charge in [-0.05, 0) is 26.8 Å². The van der Waals surface area contributed by atoms with E-state index in [4.69, 9.17) is 4.74 Å². The number of para-hydroxylation sites is 1. The van der Waals surface area contributed by atoms with Crippen LogP contribution in [0.2, 0.25) is 0 Å². The smallest absolute Gasteiger partial charge is 0.412 e. The van der Waals surface area contributed by atoms with Crippen molar-refractivity contribution in [2.45, 2.75) is 26.4 Å². The van der Waals surface area contributed by atoms with Crippen LogP contribution in [-0.2, 0) is 4.74 Å². The zero-order valence-electron chi connectivity index (χ0n) is 11.1. The van der Waals surface area contributed by atoms with E-state index in [1.165, 1.54) is 0 Å². The van der Waals surface area contributed by atoms with Crippen molar-refractivity contribution in [3.05, 3.63) is 38.4 Å². The number of nitrogens with one attached hydrogen (secondary N) is 1. The molecule has 0 saturated carbocycles. The van der Waals surface area contributed by atoms with Crippen LogP contribution in [0.5, 0.6) is 0 Å². The van der Waals surface area contributed by atoms with E-state index in [1.807, 2.05) is 0 Å². The first-order valence-electron chi connectivity index (χ1n) is 5.53. The largest absolute Gasteiger partial charge is 0.444 e. The van der Waals surface area contributed by atoms with Crippen molar-refractivity contribution in [3.63, 3.8) is 0 Å². The summed E-state index contributed by atoms with van der Waals surface area (Å²) in [7, 11) is 0. The van der Waals surface area contributed by atoms with E-state index in [9.17, 15) is 25.0 Å². The Morgan fingerprint density at radius 2 is 1.60 bits per heavy atom. The van der Waals surface area contributed by atoms with E-state index < -0.39 is 38.6 Å². The lowest BCUT2D eigenvalue weighted by Gasteiger charge is -2.19. The highest BCUT2D eigenvalue weighted by molar-refractivity contribution is 5.92. The molecule has 1 rings (SSSR count). The number of carbonyl (C=O) groups excluding carboxylic acids is 1. The molecule has 0 aliphatic rings. The lowest BCUT2D eigenvalue weighted by atomic mass is 10.2. The van der Waals surface area contributed by atoms with E-state index in [1.54, 1.807) is 20.8 Å². The van der Waals surface area contributed by atoms with Crippen molar-refractivity contribution in [2.75, 3.05) is 5.32 Å². The number of nitro benzene ring substituents is 2. The van der Waals surface area contributed by atoms with Crippen LogP contribution in [0.3, 0.4) is 0 Å². The minimum Gasteiger partial charge on any atom is -0.444 e. The van der Waals surface area contributed by atoms with Crippen LogP contribution in [0.15, 0.2) is 18.2 Å². The van der Waals surface area contributed by atoms with Crippen molar-refractivity contribution in [3.8, 4) is 0 Å². The van der Waals surface area contributed by atoms with Crippen LogP contribution in [0.1, 0.15) is 20.8 Å². The second kappa shape index (κ2) is 5.51. The van der Waals surface area contributed by atoms with Crippen LogP contribution in [-0.4, -0.2) is 21.5 Å². The molecule has 1 amide bonds. The lowest BCUT2D eigenvalue weighted by molar-refractivity contribution is -0.392. The van der Waals surface area contributed by atoms with Crippen molar-refractivity contribution < 1.29 is 19.4 Å². The molecule has 1 aromatic rings. The number of carbonyl (C=O) groups is 1. The Hall–Kier alpha value is -2.71. The number of nitro groups is 2. The number of amides is 1. The summed E-state index contributed by atoms with van der Waals surface area (Å²) >= 11 is 0. The lowest BCUT2D eigenvalue weighted by Crippen LogP contribution is -2.27. The van der Waals surface area contributed by atoms with Gasteiger partial charge in [0.15, 0.2) is 0 Å². The summed E-state index contributed by atoms with van der Waals surface area (Å²) in [4.78, 5) is 31.7. The number of anilines is 1. The number of nitrogens with zero attached hydrogens (tertiary/aromatic N) is 2. The number of benzene rings is 1. The van der Waals surface area contributed by atoms with Gasteiger partial charge in [0.05, 0.1) is 9.85 Å². The predicted molar refractivity (Wildman–Crippen MR) is 69.6 cm³/mol. The second-order valence-electron chi connectivity index (χ2n) is 4.81. The first kappa shape index (κ1) is 15.3. The molecule has 108 valence electrons. The van der Waals surface area contributed by atoms with Crippen LogP contribution < -0.4 is 5.32 Å². The molecule has 0 aliphatic carbocycles. The molecule has 20 heavy (non-hydrogen) atoms. The van der Waals surface area contributed by atoms with Gasteiger partial charge in [-0.2, -0.15) is 0 Å². The van der Waals surface area contributed by atoms with E-state index in [-0.39, 0.29) is 0 Å². The zero-order chi connectivity index (χ0) is 15.5. The van der Waals surface area contributed by atoms with Gasteiger partial charge in [-0.15, -0.1) is 0 Å². The molecule has 0 fully saturated rings. The third-order valence-corrected chi connectivity index (χ3v) is 2.04. The molecule has 1 aromatic carbocycles. The molecular formula is C11H13N3O6. The summed E-state index contributed by atoms with van der Waals surface area (Å²) < 4.78 is 4.92. The molecule has 0 unspecified atom stereocenters. The van der Waals surface area contributed by atoms with Crippen LogP contribution >= 0.6 is 0 Å². The van der Waals surface area contributed by atoms with Crippen molar-refractivity contribution in [2.24, 2.45) is 0 Å². The molecule has 0 saturated heterocycles. The van der Waals surface area contributed by atoms with Gasteiger partial charge in [-0.3, -0.25) is 25.5 Å². The van der Waals surface area contributed by atoms with E-state index >= 15 is 0 Å². The summed E-state index contributed by atoms with van der Waals surface area (Å²) in [5, 5.41) is 23.8. The number of rotatable bonds is 3. The highest BCUT2D eigenvalue weighted by atomic mass is 16.6. The third kappa shape index (κ3) is 3.90. The maximum atomic E-state index is 11.6. The third-order valence-electron chi connectivity index (χ3n) is 2.04. The molecule has 0 aliphatic heterocycles. The van der Waals surface area contributed by atoms with Gasteiger partial charge in [-0.1, -0.05) is 0 Å². The molecule has 9 heteroatoms. The molecule has 0 atom stereocenters. The summed E-state index contributed by atoms with van der Waals surface area (Å²) in [6.45, 7) is 4.79. The molecule has 1 N–H and O–H groups in total. The Kier molecular flexibility index (Phi) is 4.23. The van der Waals surface area contributed by atoms with Crippen molar-refractivity contribution in [1.82, 2.24) is 0 Å². The molecule has 0 spiro atoms. The second-order valence-corrected chi connectivity index (χ2v) is 4.81. The monoisotopic (exact) mass is 283 g/mol. The highest BCUT2D eigenvalue weighted by Gasteiger charge is 2.28. The molecular weight excluding hydrogens is 270 g/mol. The average molecular weight is 283 g/mol. The summed E-state index contributed by atoms with van der Waals surface area (Å²) in [6, 6.07) is 3.27. The first-order valence-corrected chi connectivity index (χ1v) is 5.53. The average Bonchev–Trinajstić information content (AvgIpc) is 2.25. The number of ether oxygens (including phenoxy) is 1. The Balaban J connectivity index is 3.18. The fourth-order valence-electron chi connectivity index (χ4n) is 1.37. The van der Waals surface area contributed by atoms with Gasteiger partial charge in [0.1, 0.15) is 5.60 Å². The Morgan fingerprint density at radius 1 is 1.15 bits per heavy atom. The fraction of sp³-hybridized carbons (Fsp3) is 0.364. The maximum Gasteiger partial charge on any atom is 0.412 e. The molecule has 0 aromatic heterocycles. The Labute approximate surface area is 113 Å². The van der Waals surface area contributed by atoms with Gasteiger partial charge in [0, 0.05) is 12.1 Å². The zero-order valence-corrected chi connectivity index (χ0v) is 11.1. The molecule has 9 nitrogen and oxygen atoms in total. The van der Waals surface area contributed by atoms with Crippen molar-refractivity contribution in [1.29, 1.82) is 0 Å². The normalized spacial score (nSPS) is 10.8. The standard InChI is InChI=1S/C11H13N3O6/c1-11(2,3)20-10(15)12-9-7(13(16)17)5-4-6-8(9)14(18)19/h4-6H,1-3H3,(H,12,15). The number of hydrogen-bond acceptors (Lipinski definition) is 6. The molecule has 0 radical (unpaired) electrons. The minimum absolute atomic E-state index is 0.503. The topological polar surface area (TPSA) is 125 Å². The first-order chi connectivity index (χ1) is 9.11. The van der Waals surface area contributed by atoms with Crippen LogP contribution in [0.25, 0.3) is 0 Å². The Bertz CT molecular complexity index is 532. The van der Waals surface area contributed by atoms with Gasteiger partial charge in [0.2, 0.25) is 5.69 Å².